The van der Waals surface area contributed by atoms with Crippen molar-refractivity contribution in [3.8, 4) is 6.07 Å². The van der Waals surface area contributed by atoms with E-state index in [2.05, 4.69) is 21.7 Å². The molecule has 0 amide bonds. The van der Waals surface area contributed by atoms with Gasteiger partial charge in [0, 0.05) is 13.6 Å². The van der Waals surface area contributed by atoms with E-state index in [0.717, 1.165) is 22.4 Å². The van der Waals surface area contributed by atoms with Crippen LogP contribution in [-0.2, 0) is 13.6 Å². The second-order valence-corrected chi connectivity index (χ2v) is 6.02. The van der Waals surface area contributed by atoms with Crippen LogP contribution in [0, 0.1) is 11.3 Å². The SMILES string of the molecule is CN(Cc1nc2ccccc2n1C)CC(O)c1ccc(C#N)cc1. The minimum absolute atomic E-state index is 0.495. The number of para-hydroxylation sites is 2. The lowest BCUT2D eigenvalue weighted by Crippen LogP contribution is -2.25. The topological polar surface area (TPSA) is 65.1 Å². The van der Waals surface area contributed by atoms with Gasteiger partial charge in [-0.1, -0.05) is 24.3 Å². The number of hydrogen-bond donors (Lipinski definition) is 1. The average molecular weight is 320 g/mol. The smallest absolute Gasteiger partial charge is 0.123 e. The molecule has 122 valence electrons. The molecule has 2 aromatic carbocycles. The maximum absolute atomic E-state index is 10.4. The van der Waals surface area contributed by atoms with E-state index >= 15 is 0 Å². The van der Waals surface area contributed by atoms with Gasteiger partial charge in [-0.2, -0.15) is 5.26 Å². The predicted octanol–water partition coefficient (Wildman–Crippen LogP) is 2.61. The van der Waals surface area contributed by atoms with E-state index in [1.807, 2.05) is 37.2 Å². The molecule has 0 aliphatic rings. The number of rotatable bonds is 5. The maximum atomic E-state index is 10.4. The van der Waals surface area contributed by atoms with Gasteiger partial charge >= 0.3 is 0 Å². The van der Waals surface area contributed by atoms with Crippen molar-refractivity contribution in [3.05, 3.63) is 65.5 Å². The highest BCUT2D eigenvalue weighted by molar-refractivity contribution is 5.75. The molecule has 1 heterocycles. The zero-order valence-corrected chi connectivity index (χ0v) is 13.8. The summed E-state index contributed by atoms with van der Waals surface area (Å²) in [5.41, 5.74) is 3.49. The number of hydrogen-bond acceptors (Lipinski definition) is 4. The van der Waals surface area contributed by atoms with Gasteiger partial charge < -0.3 is 9.67 Å². The molecule has 1 atom stereocenters. The Balaban J connectivity index is 1.68. The monoisotopic (exact) mass is 320 g/mol. The summed E-state index contributed by atoms with van der Waals surface area (Å²) < 4.78 is 2.08. The maximum Gasteiger partial charge on any atom is 0.123 e. The van der Waals surface area contributed by atoms with Crippen LogP contribution in [0.4, 0.5) is 0 Å². The molecular weight excluding hydrogens is 300 g/mol. The van der Waals surface area contributed by atoms with Gasteiger partial charge in [0.1, 0.15) is 5.82 Å². The summed E-state index contributed by atoms with van der Waals surface area (Å²) in [6.45, 7) is 1.15. The Labute approximate surface area is 141 Å². The molecule has 0 saturated heterocycles. The van der Waals surface area contributed by atoms with Crippen molar-refractivity contribution in [1.29, 1.82) is 5.26 Å². The van der Waals surface area contributed by atoms with Crippen molar-refractivity contribution in [2.45, 2.75) is 12.6 Å². The predicted molar refractivity (Wildman–Crippen MR) is 93.2 cm³/mol. The Morgan fingerprint density at radius 2 is 1.92 bits per heavy atom. The van der Waals surface area contributed by atoms with E-state index in [4.69, 9.17) is 5.26 Å². The van der Waals surface area contributed by atoms with Gasteiger partial charge in [-0.25, -0.2) is 4.98 Å². The molecule has 0 radical (unpaired) electrons. The second-order valence-electron chi connectivity index (χ2n) is 6.02. The third kappa shape index (κ3) is 3.30. The first-order valence-corrected chi connectivity index (χ1v) is 7.85. The Morgan fingerprint density at radius 3 is 2.58 bits per heavy atom. The minimum atomic E-state index is -0.600. The quantitative estimate of drug-likeness (QED) is 0.785. The Morgan fingerprint density at radius 1 is 1.21 bits per heavy atom. The van der Waals surface area contributed by atoms with Crippen LogP contribution in [0.25, 0.3) is 11.0 Å². The molecule has 0 aliphatic heterocycles. The highest BCUT2D eigenvalue weighted by atomic mass is 16.3. The largest absolute Gasteiger partial charge is 0.387 e. The number of aryl methyl sites for hydroxylation is 1. The van der Waals surface area contributed by atoms with Crippen LogP contribution in [0.15, 0.2) is 48.5 Å². The lowest BCUT2D eigenvalue weighted by Gasteiger charge is -2.20. The van der Waals surface area contributed by atoms with Gasteiger partial charge in [0.05, 0.1) is 35.3 Å². The zero-order chi connectivity index (χ0) is 17.1. The zero-order valence-electron chi connectivity index (χ0n) is 13.8. The van der Waals surface area contributed by atoms with Crippen LogP contribution in [0.5, 0.6) is 0 Å². The number of benzene rings is 2. The van der Waals surface area contributed by atoms with Crippen molar-refractivity contribution >= 4 is 11.0 Å². The Kier molecular flexibility index (Phi) is 4.61. The number of aliphatic hydroxyl groups is 1. The molecule has 24 heavy (non-hydrogen) atoms. The van der Waals surface area contributed by atoms with Crippen molar-refractivity contribution in [2.75, 3.05) is 13.6 Å². The molecule has 3 aromatic rings. The van der Waals surface area contributed by atoms with Crippen LogP contribution in [0.1, 0.15) is 23.1 Å². The summed E-state index contributed by atoms with van der Waals surface area (Å²) in [5, 5.41) is 19.2. The lowest BCUT2D eigenvalue weighted by atomic mass is 10.1. The second kappa shape index (κ2) is 6.83. The summed E-state index contributed by atoms with van der Waals surface area (Å²) in [6, 6.07) is 17.2. The molecule has 0 spiro atoms. The molecular formula is C19H20N4O. The summed E-state index contributed by atoms with van der Waals surface area (Å²) in [5.74, 6) is 0.964. The lowest BCUT2D eigenvalue weighted by molar-refractivity contribution is 0.122. The van der Waals surface area contributed by atoms with E-state index in [1.54, 1.807) is 24.3 Å². The summed E-state index contributed by atoms with van der Waals surface area (Å²) >= 11 is 0. The third-order valence-corrected chi connectivity index (χ3v) is 4.20. The van der Waals surface area contributed by atoms with Crippen molar-refractivity contribution < 1.29 is 5.11 Å². The van der Waals surface area contributed by atoms with Gasteiger partial charge in [-0.05, 0) is 36.9 Å². The number of nitriles is 1. The van der Waals surface area contributed by atoms with E-state index in [-0.39, 0.29) is 0 Å². The average Bonchev–Trinajstić information content (AvgIpc) is 2.91. The first-order valence-electron chi connectivity index (χ1n) is 7.85. The van der Waals surface area contributed by atoms with Crippen LogP contribution >= 0.6 is 0 Å². The Hall–Kier alpha value is -2.68. The van der Waals surface area contributed by atoms with Gasteiger partial charge in [0.25, 0.3) is 0 Å². The highest BCUT2D eigenvalue weighted by Crippen LogP contribution is 2.18. The fraction of sp³-hybridized carbons (Fsp3) is 0.263. The number of imidazole rings is 1. The van der Waals surface area contributed by atoms with Crippen molar-refractivity contribution in [2.24, 2.45) is 7.05 Å². The van der Waals surface area contributed by atoms with Crippen molar-refractivity contribution in [3.63, 3.8) is 0 Å². The molecule has 1 aromatic heterocycles. The molecule has 0 bridgehead atoms. The first kappa shape index (κ1) is 16.2. The number of fused-ring (bicyclic) bond motifs is 1. The minimum Gasteiger partial charge on any atom is -0.387 e. The molecule has 0 aliphatic carbocycles. The van der Waals surface area contributed by atoms with Crippen molar-refractivity contribution in [1.82, 2.24) is 14.5 Å². The van der Waals surface area contributed by atoms with Crippen LogP contribution < -0.4 is 0 Å². The molecule has 0 saturated carbocycles. The standard InChI is InChI=1S/C19H20N4O/c1-22(12-18(24)15-9-7-14(11-20)8-10-15)13-19-21-16-5-3-4-6-17(16)23(19)2/h3-10,18,24H,12-13H2,1-2H3. The normalized spacial score (nSPS) is 12.5. The fourth-order valence-electron chi connectivity index (χ4n) is 2.82. The van der Waals surface area contributed by atoms with E-state index in [1.165, 1.54) is 0 Å². The van der Waals surface area contributed by atoms with Gasteiger partial charge in [-0.15, -0.1) is 0 Å². The van der Waals surface area contributed by atoms with Crippen LogP contribution in [-0.4, -0.2) is 33.1 Å². The van der Waals surface area contributed by atoms with Crippen LogP contribution in [0.2, 0.25) is 0 Å². The summed E-state index contributed by atoms with van der Waals surface area (Å²) in [4.78, 5) is 6.70. The summed E-state index contributed by atoms with van der Waals surface area (Å²) in [7, 11) is 3.97. The Bertz CT molecular complexity index is 877. The number of likely N-dealkylation sites (N-methyl/N-ethyl adjacent to an activating group) is 1. The van der Waals surface area contributed by atoms with Gasteiger partial charge in [-0.3, -0.25) is 4.90 Å². The molecule has 1 N–H and O–H groups in total. The number of aliphatic hydroxyl groups excluding tert-OH is 1. The van der Waals surface area contributed by atoms with Gasteiger partial charge in [0.15, 0.2) is 0 Å². The molecule has 3 rings (SSSR count). The molecule has 5 heteroatoms. The summed E-state index contributed by atoms with van der Waals surface area (Å²) in [6.07, 6.45) is -0.600. The van der Waals surface area contributed by atoms with Gasteiger partial charge in [0.2, 0.25) is 0 Å². The molecule has 5 nitrogen and oxygen atoms in total. The number of aromatic nitrogens is 2. The molecule has 1 unspecified atom stereocenters. The van der Waals surface area contributed by atoms with E-state index < -0.39 is 6.10 Å². The fourth-order valence-corrected chi connectivity index (χ4v) is 2.82. The van der Waals surface area contributed by atoms with Crippen LogP contribution in [0.3, 0.4) is 0 Å². The van der Waals surface area contributed by atoms with E-state index in [9.17, 15) is 5.11 Å². The highest BCUT2D eigenvalue weighted by Gasteiger charge is 2.14. The van der Waals surface area contributed by atoms with E-state index in [0.29, 0.717) is 18.7 Å². The number of nitrogens with zero attached hydrogens (tertiary/aromatic N) is 4. The first-order chi connectivity index (χ1) is 11.6. The molecule has 0 fully saturated rings. The third-order valence-electron chi connectivity index (χ3n) is 4.20.